The van der Waals surface area contributed by atoms with Gasteiger partial charge in [0.05, 0.1) is 17.5 Å². The number of H-pyrrole nitrogens is 1. The van der Waals surface area contributed by atoms with E-state index < -0.39 is 5.24 Å². The SMILES string of the molecule is O=C(Cl)c1cn[nH]c1-c1ccccc1. The minimum absolute atomic E-state index is 0.401. The van der Waals surface area contributed by atoms with Gasteiger partial charge in [0.1, 0.15) is 0 Å². The summed E-state index contributed by atoms with van der Waals surface area (Å²) in [7, 11) is 0. The molecule has 3 nitrogen and oxygen atoms in total. The topological polar surface area (TPSA) is 45.8 Å². The van der Waals surface area contributed by atoms with E-state index in [-0.39, 0.29) is 0 Å². The molecule has 14 heavy (non-hydrogen) atoms. The van der Waals surface area contributed by atoms with Crippen LogP contribution in [-0.4, -0.2) is 15.4 Å². The van der Waals surface area contributed by atoms with Gasteiger partial charge < -0.3 is 0 Å². The summed E-state index contributed by atoms with van der Waals surface area (Å²) in [5.74, 6) is 0. The van der Waals surface area contributed by atoms with Crippen LogP contribution < -0.4 is 0 Å². The van der Waals surface area contributed by atoms with E-state index in [0.717, 1.165) is 5.56 Å². The Labute approximate surface area is 85.7 Å². The summed E-state index contributed by atoms with van der Waals surface area (Å²) >= 11 is 5.40. The molecule has 1 heterocycles. The normalized spacial score (nSPS) is 10.1. The van der Waals surface area contributed by atoms with E-state index in [9.17, 15) is 4.79 Å². The van der Waals surface area contributed by atoms with E-state index in [4.69, 9.17) is 11.6 Å². The van der Waals surface area contributed by atoms with Crippen LogP contribution in [0.1, 0.15) is 10.4 Å². The van der Waals surface area contributed by atoms with Crippen molar-refractivity contribution in [2.75, 3.05) is 0 Å². The van der Waals surface area contributed by atoms with Crippen molar-refractivity contribution in [1.29, 1.82) is 0 Å². The highest BCUT2D eigenvalue weighted by molar-refractivity contribution is 6.68. The molecule has 0 amide bonds. The van der Waals surface area contributed by atoms with Crippen molar-refractivity contribution >= 4 is 16.8 Å². The fourth-order valence-corrected chi connectivity index (χ4v) is 1.40. The lowest BCUT2D eigenvalue weighted by Gasteiger charge is -1.97. The molecule has 70 valence electrons. The highest BCUT2D eigenvalue weighted by Crippen LogP contribution is 2.21. The minimum Gasteiger partial charge on any atom is -0.277 e. The van der Waals surface area contributed by atoms with Crippen LogP contribution in [0.3, 0.4) is 0 Å². The van der Waals surface area contributed by atoms with Gasteiger partial charge in [-0.25, -0.2) is 0 Å². The zero-order valence-corrected chi connectivity index (χ0v) is 7.95. The monoisotopic (exact) mass is 206 g/mol. The lowest BCUT2D eigenvalue weighted by atomic mass is 10.1. The molecule has 1 N–H and O–H groups in total. The Morgan fingerprint density at radius 1 is 1.29 bits per heavy atom. The number of nitrogens with one attached hydrogen (secondary N) is 1. The summed E-state index contributed by atoms with van der Waals surface area (Å²) < 4.78 is 0. The molecule has 1 aromatic heterocycles. The van der Waals surface area contributed by atoms with Crippen LogP contribution in [0.25, 0.3) is 11.3 Å². The molecule has 2 rings (SSSR count). The Morgan fingerprint density at radius 3 is 2.64 bits per heavy atom. The Balaban J connectivity index is 2.52. The van der Waals surface area contributed by atoms with Gasteiger partial charge in [0.2, 0.25) is 0 Å². The summed E-state index contributed by atoms with van der Waals surface area (Å²) in [4.78, 5) is 11.0. The molecular formula is C10H7ClN2O. The maximum absolute atomic E-state index is 11.0. The highest BCUT2D eigenvalue weighted by atomic mass is 35.5. The lowest BCUT2D eigenvalue weighted by Crippen LogP contribution is -1.89. The number of aromatic amines is 1. The van der Waals surface area contributed by atoms with Crippen LogP contribution in [-0.2, 0) is 0 Å². The third-order valence-corrected chi connectivity index (χ3v) is 2.12. The van der Waals surface area contributed by atoms with Crippen molar-refractivity contribution in [3.8, 4) is 11.3 Å². The molecule has 0 saturated carbocycles. The van der Waals surface area contributed by atoms with E-state index in [1.165, 1.54) is 6.20 Å². The van der Waals surface area contributed by atoms with E-state index in [0.29, 0.717) is 11.3 Å². The Kier molecular flexibility index (Phi) is 2.33. The van der Waals surface area contributed by atoms with Gasteiger partial charge >= 0.3 is 0 Å². The van der Waals surface area contributed by atoms with Gasteiger partial charge in [-0.1, -0.05) is 30.3 Å². The standard InChI is InChI=1S/C10H7ClN2O/c11-10(14)8-6-12-13-9(8)7-4-2-1-3-5-7/h1-6H,(H,12,13). The quantitative estimate of drug-likeness (QED) is 0.768. The van der Waals surface area contributed by atoms with Gasteiger partial charge in [-0.05, 0) is 11.6 Å². The first-order valence-electron chi connectivity index (χ1n) is 4.07. The van der Waals surface area contributed by atoms with Gasteiger partial charge in [0.25, 0.3) is 5.24 Å². The van der Waals surface area contributed by atoms with Crippen LogP contribution in [0, 0.1) is 0 Å². The number of nitrogens with zero attached hydrogens (tertiary/aromatic N) is 1. The van der Waals surface area contributed by atoms with E-state index in [2.05, 4.69) is 10.2 Å². The number of halogens is 1. The molecule has 0 aliphatic heterocycles. The molecular weight excluding hydrogens is 200 g/mol. The van der Waals surface area contributed by atoms with Crippen LogP contribution in [0.5, 0.6) is 0 Å². The van der Waals surface area contributed by atoms with Gasteiger partial charge in [-0.15, -0.1) is 0 Å². The zero-order valence-electron chi connectivity index (χ0n) is 7.20. The number of rotatable bonds is 2. The number of aromatic nitrogens is 2. The molecule has 0 unspecified atom stereocenters. The van der Waals surface area contributed by atoms with Crippen LogP contribution >= 0.6 is 11.6 Å². The Hall–Kier alpha value is -1.61. The fraction of sp³-hybridized carbons (Fsp3) is 0. The second-order valence-corrected chi connectivity index (χ2v) is 3.14. The Bertz CT molecular complexity index is 450. The minimum atomic E-state index is -0.502. The third kappa shape index (κ3) is 1.54. The summed E-state index contributed by atoms with van der Waals surface area (Å²) in [5.41, 5.74) is 1.96. The first-order valence-corrected chi connectivity index (χ1v) is 4.45. The molecule has 1 aromatic carbocycles. The number of benzene rings is 1. The second-order valence-electron chi connectivity index (χ2n) is 2.80. The van der Waals surface area contributed by atoms with Gasteiger partial charge in [0, 0.05) is 5.56 Å². The van der Waals surface area contributed by atoms with E-state index >= 15 is 0 Å². The van der Waals surface area contributed by atoms with Crippen molar-refractivity contribution < 1.29 is 4.79 Å². The molecule has 0 atom stereocenters. The number of hydrogen-bond donors (Lipinski definition) is 1. The Morgan fingerprint density at radius 2 is 2.00 bits per heavy atom. The van der Waals surface area contributed by atoms with Crippen LogP contribution in [0.2, 0.25) is 0 Å². The number of carbonyl (C=O) groups is 1. The molecule has 0 radical (unpaired) electrons. The van der Waals surface area contributed by atoms with Crippen LogP contribution in [0.15, 0.2) is 36.5 Å². The fourth-order valence-electron chi connectivity index (χ4n) is 1.26. The van der Waals surface area contributed by atoms with Crippen LogP contribution in [0.4, 0.5) is 0 Å². The van der Waals surface area contributed by atoms with Crippen molar-refractivity contribution in [1.82, 2.24) is 10.2 Å². The van der Waals surface area contributed by atoms with E-state index in [1.807, 2.05) is 30.3 Å². The van der Waals surface area contributed by atoms with Gasteiger partial charge in [0.15, 0.2) is 0 Å². The molecule has 0 aliphatic rings. The summed E-state index contributed by atoms with van der Waals surface area (Å²) in [6, 6.07) is 9.45. The average molecular weight is 207 g/mol. The summed E-state index contributed by atoms with van der Waals surface area (Å²) in [6.45, 7) is 0. The van der Waals surface area contributed by atoms with Crippen molar-refractivity contribution in [3.63, 3.8) is 0 Å². The highest BCUT2D eigenvalue weighted by Gasteiger charge is 2.12. The average Bonchev–Trinajstić information content (AvgIpc) is 2.67. The molecule has 4 heteroatoms. The van der Waals surface area contributed by atoms with Gasteiger partial charge in [-0.3, -0.25) is 9.89 Å². The maximum atomic E-state index is 11.0. The maximum Gasteiger partial charge on any atom is 0.256 e. The molecule has 0 spiro atoms. The van der Waals surface area contributed by atoms with Gasteiger partial charge in [-0.2, -0.15) is 5.10 Å². The predicted molar refractivity (Wildman–Crippen MR) is 54.2 cm³/mol. The summed E-state index contributed by atoms with van der Waals surface area (Å²) in [6.07, 6.45) is 1.43. The van der Waals surface area contributed by atoms with E-state index in [1.54, 1.807) is 0 Å². The first-order chi connectivity index (χ1) is 6.79. The molecule has 0 aliphatic carbocycles. The smallest absolute Gasteiger partial charge is 0.256 e. The molecule has 2 aromatic rings. The summed E-state index contributed by atoms with van der Waals surface area (Å²) in [5, 5.41) is 6.04. The molecule has 0 bridgehead atoms. The van der Waals surface area contributed by atoms with Crippen molar-refractivity contribution in [3.05, 3.63) is 42.1 Å². The lowest BCUT2D eigenvalue weighted by molar-refractivity contribution is 0.108. The van der Waals surface area contributed by atoms with Crippen molar-refractivity contribution in [2.24, 2.45) is 0 Å². The zero-order chi connectivity index (χ0) is 9.97. The first kappa shape index (κ1) is 8.97. The second kappa shape index (κ2) is 3.64. The third-order valence-electron chi connectivity index (χ3n) is 1.91. The largest absolute Gasteiger partial charge is 0.277 e. The molecule has 0 fully saturated rings. The molecule has 0 saturated heterocycles. The van der Waals surface area contributed by atoms with Crippen molar-refractivity contribution in [2.45, 2.75) is 0 Å². The predicted octanol–water partition coefficient (Wildman–Crippen LogP) is 2.46. The number of carbonyl (C=O) groups excluding carboxylic acids is 1. The number of hydrogen-bond acceptors (Lipinski definition) is 2.